The third-order valence-corrected chi connectivity index (χ3v) is 4.38. The van der Waals surface area contributed by atoms with E-state index < -0.39 is 10.0 Å². The van der Waals surface area contributed by atoms with Crippen molar-refractivity contribution >= 4 is 45.6 Å². The summed E-state index contributed by atoms with van der Waals surface area (Å²) in [5.41, 5.74) is 0. The van der Waals surface area contributed by atoms with Gasteiger partial charge in [0, 0.05) is 19.2 Å². The van der Waals surface area contributed by atoms with Gasteiger partial charge in [0.05, 0.1) is 17.2 Å². The van der Waals surface area contributed by atoms with E-state index in [1.165, 1.54) is 19.2 Å². The molecule has 0 saturated heterocycles. The van der Waals surface area contributed by atoms with Crippen LogP contribution in [0.4, 0.5) is 0 Å². The monoisotopic (exact) mass is 348 g/mol. The first-order valence-electron chi connectivity index (χ1n) is 5.09. The topological polar surface area (TPSA) is 67.4 Å². The van der Waals surface area contributed by atoms with E-state index in [9.17, 15) is 8.42 Å². The summed E-state index contributed by atoms with van der Waals surface area (Å²) in [6.07, 6.45) is 0. The van der Waals surface area contributed by atoms with Gasteiger partial charge in [-0.25, -0.2) is 13.1 Å². The third-order valence-electron chi connectivity index (χ3n) is 2.16. The molecular formula is C10H15Cl3N2O3S. The van der Waals surface area contributed by atoms with Crippen LogP contribution >= 0.6 is 35.6 Å². The lowest BCUT2D eigenvalue weighted by Gasteiger charge is -2.10. The molecule has 19 heavy (non-hydrogen) atoms. The van der Waals surface area contributed by atoms with Crippen LogP contribution in [-0.2, 0) is 10.0 Å². The summed E-state index contributed by atoms with van der Waals surface area (Å²) >= 11 is 11.8. The van der Waals surface area contributed by atoms with Crippen LogP contribution in [-0.4, -0.2) is 35.7 Å². The van der Waals surface area contributed by atoms with Crippen molar-refractivity contribution in [1.29, 1.82) is 0 Å². The molecule has 0 aromatic heterocycles. The highest BCUT2D eigenvalue weighted by Crippen LogP contribution is 2.33. The molecule has 0 spiro atoms. The van der Waals surface area contributed by atoms with Crippen LogP contribution in [0.5, 0.6) is 5.75 Å². The summed E-state index contributed by atoms with van der Waals surface area (Å²) in [5, 5.41) is 3.08. The number of benzene rings is 1. The van der Waals surface area contributed by atoms with E-state index in [1.807, 2.05) is 0 Å². The lowest BCUT2D eigenvalue weighted by Crippen LogP contribution is -2.30. The minimum absolute atomic E-state index is 0. The van der Waals surface area contributed by atoms with Crippen molar-refractivity contribution in [3.8, 4) is 5.75 Å². The van der Waals surface area contributed by atoms with Gasteiger partial charge in [0.25, 0.3) is 0 Å². The number of halogens is 3. The van der Waals surface area contributed by atoms with E-state index in [-0.39, 0.29) is 33.9 Å². The standard InChI is InChI=1S/C10H14Cl2N2O3S.ClH/c1-13-3-4-14-18(15,16)10-6-7(11)9(17-2)5-8(10)12;/h5-6,13-14H,3-4H2,1-2H3;1H. The summed E-state index contributed by atoms with van der Waals surface area (Å²) in [4.78, 5) is -0.0638. The Kier molecular flexibility index (Phi) is 8.03. The Balaban J connectivity index is 0.00000324. The van der Waals surface area contributed by atoms with E-state index in [4.69, 9.17) is 27.9 Å². The molecule has 1 rings (SSSR count). The van der Waals surface area contributed by atoms with Gasteiger partial charge in [-0.05, 0) is 13.1 Å². The second kappa shape index (κ2) is 8.14. The van der Waals surface area contributed by atoms with Gasteiger partial charge in [-0.3, -0.25) is 0 Å². The van der Waals surface area contributed by atoms with E-state index in [2.05, 4.69) is 10.0 Å². The average Bonchev–Trinajstić information content (AvgIpc) is 2.31. The zero-order chi connectivity index (χ0) is 13.8. The summed E-state index contributed by atoms with van der Waals surface area (Å²) in [7, 11) is -0.517. The normalized spacial score (nSPS) is 10.9. The molecule has 0 amide bonds. The number of nitrogens with one attached hydrogen (secondary N) is 2. The number of methoxy groups -OCH3 is 1. The van der Waals surface area contributed by atoms with E-state index in [1.54, 1.807) is 7.05 Å². The Bertz CT molecular complexity index is 523. The second-order valence-electron chi connectivity index (χ2n) is 3.42. The number of hydrogen-bond donors (Lipinski definition) is 2. The van der Waals surface area contributed by atoms with Crippen molar-refractivity contribution in [3.63, 3.8) is 0 Å². The fourth-order valence-corrected chi connectivity index (χ4v) is 3.14. The molecule has 0 unspecified atom stereocenters. The molecule has 0 aliphatic carbocycles. The number of hydrogen-bond acceptors (Lipinski definition) is 4. The molecule has 0 aliphatic heterocycles. The lowest BCUT2D eigenvalue weighted by molar-refractivity contribution is 0.414. The van der Waals surface area contributed by atoms with Crippen LogP contribution in [0.3, 0.4) is 0 Å². The third kappa shape index (κ3) is 4.98. The van der Waals surface area contributed by atoms with Crippen LogP contribution < -0.4 is 14.8 Å². The quantitative estimate of drug-likeness (QED) is 0.770. The van der Waals surface area contributed by atoms with Crippen LogP contribution in [0.25, 0.3) is 0 Å². The van der Waals surface area contributed by atoms with Crippen LogP contribution in [0.15, 0.2) is 17.0 Å². The first kappa shape index (κ1) is 18.8. The van der Waals surface area contributed by atoms with Crippen molar-refractivity contribution in [3.05, 3.63) is 22.2 Å². The molecule has 1 aromatic carbocycles. The predicted molar refractivity (Wildman–Crippen MR) is 79.4 cm³/mol. The smallest absolute Gasteiger partial charge is 0.242 e. The minimum Gasteiger partial charge on any atom is -0.495 e. The molecule has 0 bridgehead atoms. The van der Waals surface area contributed by atoms with Gasteiger partial charge in [0.2, 0.25) is 10.0 Å². The zero-order valence-corrected chi connectivity index (χ0v) is 13.5. The molecule has 0 radical (unpaired) electrons. The molecule has 0 fully saturated rings. The van der Waals surface area contributed by atoms with Gasteiger partial charge in [-0.15, -0.1) is 12.4 Å². The zero-order valence-electron chi connectivity index (χ0n) is 10.4. The molecular weight excluding hydrogens is 335 g/mol. The Morgan fingerprint density at radius 1 is 1.21 bits per heavy atom. The van der Waals surface area contributed by atoms with Gasteiger partial charge in [0.15, 0.2) is 0 Å². The van der Waals surface area contributed by atoms with Crippen molar-refractivity contribution < 1.29 is 13.2 Å². The Labute approximate surface area is 129 Å². The highest BCUT2D eigenvalue weighted by atomic mass is 35.5. The van der Waals surface area contributed by atoms with Crippen molar-refractivity contribution in [2.45, 2.75) is 4.90 Å². The number of likely N-dealkylation sites (N-methyl/N-ethyl adjacent to an activating group) is 1. The first-order chi connectivity index (χ1) is 8.42. The van der Waals surface area contributed by atoms with Gasteiger partial charge in [0.1, 0.15) is 10.6 Å². The maximum Gasteiger partial charge on any atom is 0.242 e. The Hall–Kier alpha value is -0.240. The van der Waals surface area contributed by atoms with Gasteiger partial charge in [-0.2, -0.15) is 0 Å². The molecule has 2 N–H and O–H groups in total. The highest BCUT2D eigenvalue weighted by Gasteiger charge is 2.19. The first-order valence-corrected chi connectivity index (χ1v) is 7.33. The van der Waals surface area contributed by atoms with Gasteiger partial charge >= 0.3 is 0 Å². The highest BCUT2D eigenvalue weighted by molar-refractivity contribution is 7.89. The van der Waals surface area contributed by atoms with E-state index in [0.717, 1.165) is 0 Å². The largest absolute Gasteiger partial charge is 0.495 e. The molecule has 110 valence electrons. The number of ether oxygens (including phenoxy) is 1. The maximum atomic E-state index is 12.0. The SMILES string of the molecule is CNCCNS(=O)(=O)c1cc(Cl)c(OC)cc1Cl.Cl. The summed E-state index contributed by atoms with van der Waals surface area (Å²) in [6, 6.07) is 2.64. The van der Waals surface area contributed by atoms with Crippen LogP contribution in [0.1, 0.15) is 0 Å². The summed E-state index contributed by atoms with van der Waals surface area (Å²) in [6.45, 7) is 0.777. The van der Waals surface area contributed by atoms with E-state index in [0.29, 0.717) is 12.3 Å². The molecule has 9 heteroatoms. The van der Waals surface area contributed by atoms with Crippen molar-refractivity contribution in [2.75, 3.05) is 27.2 Å². The summed E-state index contributed by atoms with van der Waals surface area (Å²) in [5.74, 6) is 0.329. The minimum atomic E-state index is -3.67. The molecule has 5 nitrogen and oxygen atoms in total. The number of sulfonamides is 1. The fraction of sp³-hybridized carbons (Fsp3) is 0.400. The van der Waals surface area contributed by atoms with Crippen LogP contribution in [0.2, 0.25) is 10.0 Å². The van der Waals surface area contributed by atoms with Gasteiger partial charge in [-0.1, -0.05) is 23.2 Å². The molecule has 1 aromatic rings. The van der Waals surface area contributed by atoms with Crippen LogP contribution in [0, 0.1) is 0 Å². The molecule has 0 heterocycles. The fourth-order valence-electron chi connectivity index (χ4n) is 1.26. The molecule has 0 saturated carbocycles. The van der Waals surface area contributed by atoms with E-state index >= 15 is 0 Å². The molecule has 0 aliphatic rings. The maximum absolute atomic E-state index is 12.0. The Morgan fingerprint density at radius 2 is 1.84 bits per heavy atom. The lowest BCUT2D eigenvalue weighted by atomic mass is 10.3. The number of rotatable bonds is 6. The summed E-state index contributed by atoms with van der Waals surface area (Å²) < 4.78 is 31.3. The predicted octanol–water partition coefficient (Wildman–Crippen LogP) is 1.92. The van der Waals surface area contributed by atoms with Gasteiger partial charge < -0.3 is 10.1 Å². The Morgan fingerprint density at radius 3 is 2.37 bits per heavy atom. The average molecular weight is 350 g/mol. The van der Waals surface area contributed by atoms with Crippen molar-refractivity contribution in [2.24, 2.45) is 0 Å². The second-order valence-corrected chi connectivity index (χ2v) is 5.97. The van der Waals surface area contributed by atoms with Crippen molar-refractivity contribution in [1.82, 2.24) is 10.0 Å². The molecule has 0 atom stereocenters.